The normalized spacial score (nSPS) is 14.4. The van der Waals surface area contributed by atoms with E-state index in [1.807, 2.05) is 17.0 Å². The summed E-state index contributed by atoms with van der Waals surface area (Å²) in [4.78, 5) is 13.7. The lowest BCUT2D eigenvalue weighted by Gasteiger charge is -2.17. The van der Waals surface area contributed by atoms with Gasteiger partial charge < -0.3 is 10.6 Å². The zero-order valence-corrected chi connectivity index (χ0v) is 10.9. The highest BCUT2D eigenvalue weighted by Gasteiger charge is 2.27. The highest BCUT2D eigenvalue weighted by Crippen LogP contribution is 2.35. The Bertz CT molecular complexity index is 431. The summed E-state index contributed by atoms with van der Waals surface area (Å²) in [5.41, 5.74) is 8.59. The van der Waals surface area contributed by atoms with E-state index in [4.69, 9.17) is 5.73 Å². The van der Waals surface area contributed by atoms with Gasteiger partial charge in [-0.05, 0) is 40.0 Å². The van der Waals surface area contributed by atoms with E-state index < -0.39 is 0 Å². The Morgan fingerprint density at radius 2 is 2.25 bits per heavy atom. The minimum absolute atomic E-state index is 0.181. The maximum absolute atomic E-state index is 11.8. The second kappa shape index (κ2) is 4.45. The summed E-state index contributed by atoms with van der Waals surface area (Å²) in [6.45, 7) is 2.92. The number of amides is 1. The molecule has 0 spiro atoms. The SMILES string of the molecule is CCCCN1C(=O)Cc2cc(Br)c(N)cc21. The summed E-state index contributed by atoms with van der Waals surface area (Å²) in [7, 11) is 0. The second-order valence-electron chi connectivity index (χ2n) is 4.08. The molecule has 1 aliphatic rings. The van der Waals surface area contributed by atoms with Gasteiger partial charge in [-0.15, -0.1) is 0 Å². The van der Waals surface area contributed by atoms with Crippen LogP contribution in [0.4, 0.5) is 11.4 Å². The number of nitrogen functional groups attached to an aromatic ring is 1. The van der Waals surface area contributed by atoms with Gasteiger partial charge in [0.25, 0.3) is 0 Å². The van der Waals surface area contributed by atoms with Gasteiger partial charge in [0.15, 0.2) is 0 Å². The Kier molecular flexibility index (Phi) is 3.19. The van der Waals surface area contributed by atoms with Crippen LogP contribution in [0.15, 0.2) is 16.6 Å². The molecule has 0 radical (unpaired) electrons. The van der Waals surface area contributed by atoms with Gasteiger partial charge in [0.05, 0.1) is 6.42 Å². The first-order valence-electron chi connectivity index (χ1n) is 5.51. The van der Waals surface area contributed by atoms with Crippen LogP contribution < -0.4 is 10.6 Å². The molecular weight excluding hydrogens is 268 g/mol. The molecule has 4 heteroatoms. The van der Waals surface area contributed by atoms with Crippen molar-refractivity contribution < 1.29 is 4.79 Å². The highest BCUT2D eigenvalue weighted by molar-refractivity contribution is 9.10. The number of rotatable bonds is 3. The molecule has 0 bridgehead atoms. The van der Waals surface area contributed by atoms with E-state index in [2.05, 4.69) is 22.9 Å². The van der Waals surface area contributed by atoms with Crippen molar-refractivity contribution >= 4 is 33.2 Å². The van der Waals surface area contributed by atoms with Crippen LogP contribution in [-0.2, 0) is 11.2 Å². The number of carbonyl (C=O) groups is 1. The largest absolute Gasteiger partial charge is 0.398 e. The second-order valence-corrected chi connectivity index (χ2v) is 4.93. The summed E-state index contributed by atoms with van der Waals surface area (Å²) in [6.07, 6.45) is 2.62. The topological polar surface area (TPSA) is 46.3 Å². The molecular formula is C12H15BrN2O. The molecule has 0 aromatic heterocycles. The molecule has 0 fully saturated rings. The first-order valence-corrected chi connectivity index (χ1v) is 6.31. The van der Waals surface area contributed by atoms with Gasteiger partial charge in [0.2, 0.25) is 5.91 Å². The summed E-state index contributed by atoms with van der Waals surface area (Å²) in [6, 6.07) is 3.84. The van der Waals surface area contributed by atoms with E-state index >= 15 is 0 Å². The monoisotopic (exact) mass is 282 g/mol. The highest BCUT2D eigenvalue weighted by atomic mass is 79.9. The van der Waals surface area contributed by atoms with Crippen molar-refractivity contribution in [2.75, 3.05) is 17.2 Å². The molecule has 0 atom stereocenters. The lowest BCUT2D eigenvalue weighted by Crippen LogP contribution is -2.27. The van der Waals surface area contributed by atoms with Gasteiger partial charge in [-0.2, -0.15) is 0 Å². The molecule has 1 aliphatic heterocycles. The summed E-state index contributed by atoms with van der Waals surface area (Å²) in [5, 5.41) is 0. The van der Waals surface area contributed by atoms with Gasteiger partial charge in [0.1, 0.15) is 0 Å². The molecule has 1 heterocycles. The number of carbonyl (C=O) groups excluding carboxylic acids is 1. The molecule has 3 nitrogen and oxygen atoms in total. The molecule has 16 heavy (non-hydrogen) atoms. The van der Waals surface area contributed by atoms with Crippen LogP contribution >= 0.6 is 15.9 Å². The van der Waals surface area contributed by atoms with Crippen LogP contribution in [-0.4, -0.2) is 12.5 Å². The zero-order chi connectivity index (χ0) is 11.7. The van der Waals surface area contributed by atoms with Crippen molar-refractivity contribution in [1.29, 1.82) is 0 Å². The van der Waals surface area contributed by atoms with Crippen molar-refractivity contribution in [3.8, 4) is 0 Å². The fraction of sp³-hybridized carbons (Fsp3) is 0.417. The van der Waals surface area contributed by atoms with E-state index in [-0.39, 0.29) is 5.91 Å². The quantitative estimate of drug-likeness (QED) is 0.867. The van der Waals surface area contributed by atoms with Gasteiger partial charge >= 0.3 is 0 Å². The molecule has 2 N–H and O–H groups in total. The Morgan fingerprint density at radius 3 is 2.94 bits per heavy atom. The van der Waals surface area contributed by atoms with Crippen LogP contribution in [0.3, 0.4) is 0 Å². The molecule has 0 saturated carbocycles. The van der Waals surface area contributed by atoms with Crippen molar-refractivity contribution in [1.82, 2.24) is 0 Å². The fourth-order valence-corrected chi connectivity index (χ4v) is 2.36. The fourth-order valence-electron chi connectivity index (χ4n) is 1.97. The number of hydrogen-bond acceptors (Lipinski definition) is 2. The predicted octanol–water partition coefficient (Wildman–Crippen LogP) is 2.72. The molecule has 1 aromatic carbocycles. The average Bonchev–Trinajstić information content (AvgIpc) is 2.52. The minimum Gasteiger partial charge on any atom is -0.398 e. The van der Waals surface area contributed by atoms with E-state index in [1.54, 1.807) is 0 Å². The number of nitrogens with two attached hydrogens (primary N) is 1. The Hall–Kier alpha value is -1.03. The van der Waals surface area contributed by atoms with Gasteiger partial charge in [0, 0.05) is 22.4 Å². The van der Waals surface area contributed by atoms with Crippen LogP contribution in [0.1, 0.15) is 25.3 Å². The van der Waals surface area contributed by atoms with Crippen molar-refractivity contribution in [2.24, 2.45) is 0 Å². The van der Waals surface area contributed by atoms with E-state index in [0.717, 1.165) is 35.1 Å². The third-order valence-electron chi connectivity index (χ3n) is 2.87. The van der Waals surface area contributed by atoms with E-state index in [0.29, 0.717) is 12.1 Å². The smallest absolute Gasteiger partial charge is 0.231 e. The van der Waals surface area contributed by atoms with E-state index in [1.165, 1.54) is 0 Å². The number of halogens is 1. The summed E-state index contributed by atoms with van der Waals surface area (Å²) in [5.74, 6) is 0.181. The number of anilines is 2. The lowest BCUT2D eigenvalue weighted by molar-refractivity contribution is -0.117. The third kappa shape index (κ3) is 1.94. The Labute approximate surface area is 104 Å². The van der Waals surface area contributed by atoms with Crippen LogP contribution in [0, 0.1) is 0 Å². The lowest BCUT2D eigenvalue weighted by atomic mass is 10.1. The average molecular weight is 283 g/mol. The Morgan fingerprint density at radius 1 is 1.50 bits per heavy atom. The molecule has 86 valence electrons. The summed E-state index contributed by atoms with van der Waals surface area (Å²) < 4.78 is 0.872. The first kappa shape index (κ1) is 11.5. The van der Waals surface area contributed by atoms with Crippen LogP contribution in [0.25, 0.3) is 0 Å². The number of unbranched alkanes of at least 4 members (excludes halogenated alkanes) is 1. The Balaban J connectivity index is 2.33. The van der Waals surface area contributed by atoms with Crippen molar-refractivity contribution in [3.05, 3.63) is 22.2 Å². The number of hydrogen-bond donors (Lipinski definition) is 1. The van der Waals surface area contributed by atoms with Crippen LogP contribution in [0.5, 0.6) is 0 Å². The standard InChI is InChI=1S/C12H15BrN2O/c1-2-3-4-15-11-7-10(14)9(13)5-8(11)6-12(15)16/h5,7H,2-4,6,14H2,1H3. The maximum atomic E-state index is 11.8. The summed E-state index contributed by atoms with van der Waals surface area (Å²) >= 11 is 3.39. The van der Waals surface area contributed by atoms with Crippen LogP contribution in [0.2, 0.25) is 0 Å². The third-order valence-corrected chi connectivity index (χ3v) is 3.55. The first-order chi connectivity index (χ1) is 7.63. The molecule has 0 saturated heterocycles. The number of fused-ring (bicyclic) bond motifs is 1. The van der Waals surface area contributed by atoms with Crippen molar-refractivity contribution in [3.63, 3.8) is 0 Å². The molecule has 2 rings (SSSR count). The molecule has 1 aromatic rings. The predicted molar refractivity (Wildman–Crippen MR) is 69.5 cm³/mol. The van der Waals surface area contributed by atoms with Gasteiger partial charge in [-0.3, -0.25) is 4.79 Å². The maximum Gasteiger partial charge on any atom is 0.231 e. The number of benzene rings is 1. The van der Waals surface area contributed by atoms with Crippen molar-refractivity contribution in [2.45, 2.75) is 26.2 Å². The number of nitrogens with zero attached hydrogens (tertiary/aromatic N) is 1. The van der Waals surface area contributed by atoms with E-state index in [9.17, 15) is 4.79 Å². The zero-order valence-electron chi connectivity index (χ0n) is 9.29. The molecule has 1 amide bonds. The van der Waals surface area contributed by atoms with Gasteiger partial charge in [-0.25, -0.2) is 0 Å². The van der Waals surface area contributed by atoms with Gasteiger partial charge in [-0.1, -0.05) is 13.3 Å². The molecule has 0 unspecified atom stereocenters. The molecule has 0 aliphatic carbocycles. The minimum atomic E-state index is 0.181.